The van der Waals surface area contributed by atoms with Gasteiger partial charge in [0.1, 0.15) is 5.02 Å². The van der Waals surface area contributed by atoms with E-state index in [1.807, 2.05) is 0 Å². The Kier molecular flexibility index (Phi) is 5.16. The summed E-state index contributed by atoms with van der Waals surface area (Å²) in [6.07, 6.45) is 2.54. The predicted molar refractivity (Wildman–Crippen MR) is 73.2 cm³/mol. The summed E-state index contributed by atoms with van der Waals surface area (Å²) in [5.41, 5.74) is 0.283. The SMILES string of the molecule is CCC(C)(C)CNc1cnn(CCO)c(=O)c1Cl. The Labute approximate surface area is 112 Å². The minimum Gasteiger partial charge on any atom is -0.394 e. The molecule has 0 radical (unpaired) electrons. The largest absolute Gasteiger partial charge is 0.394 e. The lowest BCUT2D eigenvalue weighted by Gasteiger charge is -2.23. The van der Waals surface area contributed by atoms with Crippen LogP contribution in [0.15, 0.2) is 11.0 Å². The van der Waals surface area contributed by atoms with Crippen molar-refractivity contribution in [2.75, 3.05) is 18.5 Å². The quantitative estimate of drug-likeness (QED) is 0.828. The summed E-state index contributed by atoms with van der Waals surface area (Å²) < 4.78 is 1.15. The van der Waals surface area contributed by atoms with Gasteiger partial charge in [-0.05, 0) is 11.8 Å². The molecule has 0 bridgehead atoms. The fraction of sp³-hybridized carbons (Fsp3) is 0.667. The van der Waals surface area contributed by atoms with Crippen LogP contribution >= 0.6 is 11.6 Å². The number of nitrogens with one attached hydrogen (secondary N) is 1. The van der Waals surface area contributed by atoms with E-state index >= 15 is 0 Å². The van der Waals surface area contributed by atoms with Crippen LogP contribution in [0.1, 0.15) is 27.2 Å². The third-order valence-electron chi connectivity index (χ3n) is 3.01. The summed E-state index contributed by atoms with van der Waals surface area (Å²) >= 11 is 5.99. The summed E-state index contributed by atoms with van der Waals surface area (Å²) in [5, 5.41) is 16.0. The molecular weight excluding hydrogens is 254 g/mol. The highest BCUT2D eigenvalue weighted by Crippen LogP contribution is 2.22. The monoisotopic (exact) mass is 273 g/mol. The summed E-state index contributed by atoms with van der Waals surface area (Å²) in [6.45, 7) is 7.11. The van der Waals surface area contributed by atoms with Gasteiger partial charge in [-0.3, -0.25) is 4.79 Å². The number of hydrogen-bond donors (Lipinski definition) is 2. The molecule has 18 heavy (non-hydrogen) atoms. The van der Waals surface area contributed by atoms with Crippen LogP contribution in [0.5, 0.6) is 0 Å². The Morgan fingerprint density at radius 2 is 2.22 bits per heavy atom. The summed E-state index contributed by atoms with van der Waals surface area (Å²) in [6, 6.07) is 0. The molecule has 0 atom stereocenters. The minimum atomic E-state index is -0.384. The number of aliphatic hydroxyl groups is 1. The second-order valence-electron chi connectivity index (χ2n) is 5.00. The van der Waals surface area contributed by atoms with Crippen LogP contribution < -0.4 is 10.9 Å². The predicted octanol–water partition coefficient (Wildman–Crippen LogP) is 1.74. The number of aromatic nitrogens is 2. The van der Waals surface area contributed by atoms with Gasteiger partial charge < -0.3 is 10.4 Å². The van der Waals surface area contributed by atoms with Crippen LogP contribution in [-0.2, 0) is 6.54 Å². The molecule has 5 nitrogen and oxygen atoms in total. The van der Waals surface area contributed by atoms with Gasteiger partial charge in [0.25, 0.3) is 5.56 Å². The van der Waals surface area contributed by atoms with E-state index < -0.39 is 0 Å². The van der Waals surface area contributed by atoms with Gasteiger partial charge in [-0.15, -0.1) is 0 Å². The van der Waals surface area contributed by atoms with Gasteiger partial charge in [0.05, 0.1) is 25.0 Å². The average Bonchev–Trinajstić information content (AvgIpc) is 2.34. The van der Waals surface area contributed by atoms with E-state index in [9.17, 15) is 4.79 Å². The zero-order chi connectivity index (χ0) is 13.8. The van der Waals surface area contributed by atoms with Crippen molar-refractivity contribution in [2.45, 2.75) is 33.7 Å². The van der Waals surface area contributed by atoms with Crippen LogP contribution in [-0.4, -0.2) is 28.0 Å². The van der Waals surface area contributed by atoms with Gasteiger partial charge in [-0.25, -0.2) is 4.68 Å². The molecule has 0 aliphatic rings. The van der Waals surface area contributed by atoms with Crippen molar-refractivity contribution in [3.05, 3.63) is 21.6 Å². The zero-order valence-electron chi connectivity index (χ0n) is 11.0. The molecule has 1 aromatic rings. The zero-order valence-corrected chi connectivity index (χ0v) is 11.8. The summed E-state index contributed by atoms with van der Waals surface area (Å²) in [4.78, 5) is 11.8. The molecule has 0 aliphatic heterocycles. The molecule has 0 saturated carbocycles. The molecular formula is C12H20ClN3O2. The first-order valence-electron chi connectivity index (χ1n) is 6.01. The second kappa shape index (κ2) is 6.20. The van der Waals surface area contributed by atoms with E-state index in [1.165, 1.54) is 6.20 Å². The minimum absolute atomic E-state index is 0.116. The van der Waals surface area contributed by atoms with Crippen LogP contribution in [0.2, 0.25) is 5.02 Å². The Morgan fingerprint density at radius 1 is 1.56 bits per heavy atom. The maximum absolute atomic E-state index is 11.8. The van der Waals surface area contributed by atoms with Crippen molar-refractivity contribution in [1.82, 2.24) is 9.78 Å². The highest BCUT2D eigenvalue weighted by atomic mass is 35.5. The van der Waals surface area contributed by atoms with Crippen molar-refractivity contribution < 1.29 is 5.11 Å². The van der Waals surface area contributed by atoms with Gasteiger partial charge in [0.2, 0.25) is 0 Å². The summed E-state index contributed by atoms with van der Waals surface area (Å²) in [5.74, 6) is 0. The fourth-order valence-corrected chi connectivity index (χ4v) is 1.51. The molecule has 0 aliphatic carbocycles. The number of anilines is 1. The first-order chi connectivity index (χ1) is 8.41. The van der Waals surface area contributed by atoms with Crippen LogP contribution in [0, 0.1) is 5.41 Å². The normalized spacial score (nSPS) is 11.6. The van der Waals surface area contributed by atoms with E-state index in [1.54, 1.807) is 0 Å². The van der Waals surface area contributed by atoms with Crippen LogP contribution in [0.4, 0.5) is 5.69 Å². The van der Waals surface area contributed by atoms with Gasteiger partial charge in [-0.1, -0.05) is 32.4 Å². The van der Waals surface area contributed by atoms with Crippen LogP contribution in [0.25, 0.3) is 0 Å². The number of halogens is 1. The Hall–Kier alpha value is -1.07. The fourth-order valence-electron chi connectivity index (χ4n) is 1.30. The molecule has 1 heterocycles. The van der Waals surface area contributed by atoms with Crippen molar-refractivity contribution >= 4 is 17.3 Å². The molecule has 6 heteroatoms. The highest BCUT2D eigenvalue weighted by Gasteiger charge is 2.16. The van der Waals surface area contributed by atoms with E-state index in [0.717, 1.165) is 11.1 Å². The summed E-state index contributed by atoms with van der Waals surface area (Å²) in [7, 11) is 0. The molecule has 1 aromatic heterocycles. The Bertz CT molecular complexity index is 457. The average molecular weight is 274 g/mol. The van der Waals surface area contributed by atoms with Crippen molar-refractivity contribution in [1.29, 1.82) is 0 Å². The van der Waals surface area contributed by atoms with E-state index in [0.29, 0.717) is 12.2 Å². The lowest BCUT2D eigenvalue weighted by Crippen LogP contribution is -2.27. The lowest BCUT2D eigenvalue weighted by molar-refractivity contribution is 0.266. The van der Waals surface area contributed by atoms with Crippen molar-refractivity contribution in [3.8, 4) is 0 Å². The molecule has 0 spiro atoms. The number of hydrogen-bond acceptors (Lipinski definition) is 4. The number of nitrogens with zero attached hydrogens (tertiary/aromatic N) is 2. The van der Waals surface area contributed by atoms with Gasteiger partial charge in [0, 0.05) is 6.54 Å². The third kappa shape index (κ3) is 3.71. The first-order valence-corrected chi connectivity index (χ1v) is 6.39. The molecule has 102 valence electrons. The molecule has 0 fully saturated rings. The smallest absolute Gasteiger partial charge is 0.287 e. The molecule has 2 N–H and O–H groups in total. The molecule has 0 saturated heterocycles. The van der Waals surface area contributed by atoms with Gasteiger partial charge in [-0.2, -0.15) is 5.10 Å². The molecule has 0 amide bonds. The van der Waals surface area contributed by atoms with Gasteiger partial charge in [0.15, 0.2) is 0 Å². The van der Waals surface area contributed by atoms with Crippen molar-refractivity contribution in [2.24, 2.45) is 5.41 Å². The van der Waals surface area contributed by atoms with E-state index in [4.69, 9.17) is 16.7 Å². The van der Waals surface area contributed by atoms with E-state index in [-0.39, 0.29) is 29.1 Å². The Morgan fingerprint density at radius 3 is 2.78 bits per heavy atom. The maximum Gasteiger partial charge on any atom is 0.287 e. The topological polar surface area (TPSA) is 67.2 Å². The maximum atomic E-state index is 11.8. The molecule has 1 rings (SSSR count). The number of rotatable bonds is 6. The number of aliphatic hydroxyl groups excluding tert-OH is 1. The standard InChI is InChI=1S/C12H20ClN3O2/c1-4-12(2,3)8-14-9-7-15-16(5-6-17)11(18)10(9)13/h7,14,17H,4-6,8H2,1-3H3. The second-order valence-corrected chi connectivity index (χ2v) is 5.37. The van der Waals surface area contributed by atoms with E-state index in [2.05, 4.69) is 31.2 Å². The van der Waals surface area contributed by atoms with Crippen molar-refractivity contribution in [3.63, 3.8) is 0 Å². The highest BCUT2D eigenvalue weighted by molar-refractivity contribution is 6.32. The van der Waals surface area contributed by atoms with Gasteiger partial charge >= 0.3 is 0 Å². The molecule has 0 aromatic carbocycles. The van der Waals surface area contributed by atoms with Crippen LogP contribution in [0.3, 0.4) is 0 Å². The third-order valence-corrected chi connectivity index (χ3v) is 3.38. The molecule has 0 unspecified atom stereocenters. The lowest BCUT2D eigenvalue weighted by atomic mass is 9.90. The Balaban J connectivity index is 2.86. The first kappa shape index (κ1) is 15.0.